The molecule has 1 aliphatic rings. The summed E-state index contributed by atoms with van der Waals surface area (Å²) in [5.74, 6) is 0. The summed E-state index contributed by atoms with van der Waals surface area (Å²) < 4.78 is 0. The Morgan fingerprint density at radius 2 is 2.14 bits per heavy atom. The zero-order chi connectivity index (χ0) is 10.2. The highest BCUT2D eigenvalue weighted by atomic mass is 15.1. The first-order valence-corrected chi connectivity index (χ1v) is 5.12. The van der Waals surface area contributed by atoms with E-state index in [9.17, 15) is 0 Å². The van der Waals surface area contributed by atoms with Gasteiger partial charge in [-0.15, -0.1) is 0 Å². The van der Waals surface area contributed by atoms with Gasteiger partial charge >= 0.3 is 0 Å². The molecule has 0 radical (unpaired) electrons. The second-order valence-corrected chi connectivity index (χ2v) is 4.36. The number of nitrogens with two attached hydrogens (primary N) is 1. The van der Waals surface area contributed by atoms with E-state index in [1.807, 2.05) is 12.1 Å². The van der Waals surface area contributed by atoms with E-state index in [4.69, 9.17) is 5.73 Å². The maximum Gasteiger partial charge on any atom is 0.0612 e. The zero-order valence-electron chi connectivity index (χ0n) is 8.75. The summed E-state index contributed by atoms with van der Waals surface area (Å²) in [6, 6.07) is 4.44. The molecule has 2 rings (SSSR count). The zero-order valence-corrected chi connectivity index (χ0v) is 8.75. The van der Waals surface area contributed by atoms with E-state index in [1.165, 1.54) is 12.8 Å². The number of hydrogen-bond acceptors (Lipinski definition) is 3. The summed E-state index contributed by atoms with van der Waals surface area (Å²) in [5, 5.41) is 3.56. The minimum Gasteiger partial charge on any atom is -0.397 e. The molecule has 3 N–H and O–H groups in total. The van der Waals surface area contributed by atoms with Gasteiger partial charge in [-0.2, -0.15) is 0 Å². The fourth-order valence-corrected chi connectivity index (χ4v) is 1.84. The van der Waals surface area contributed by atoms with Crippen molar-refractivity contribution in [2.24, 2.45) is 0 Å². The van der Waals surface area contributed by atoms with Crippen molar-refractivity contribution in [1.29, 1.82) is 0 Å². The molecule has 76 valence electrons. The quantitative estimate of drug-likeness (QED) is 0.763. The molecule has 1 saturated carbocycles. The van der Waals surface area contributed by atoms with Crippen LogP contribution in [0.2, 0.25) is 0 Å². The lowest BCUT2D eigenvalue weighted by Crippen LogP contribution is -2.35. The topological polar surface area (TPSA) is 50.9 Å². The number of nitrogens with zero attached hydrogens (tertiary/aromatic N) is 1. The van der Waals surface area contributed by atoms with Gasteiger partial charge in [-0.05, 0) is 38.8 Å². The molecular formula is C11H17N3. The Kier molecular flexibility index (Phi) is 2.19. The van der Waals surface area contributed by atoms with Crippen molar-refractivity contribution in [1.82, 2.24) is 10.3 Å². The molecule has 0 spiro atoms. The number of hydrogen-bond donors (Lipinski definition) is 2. The molecule has 0 aliphatic heterocycles. The molecule has 3 heteroatoms. The van der Waals surface area contributed by atoms with Gasteiger partial charge in [0.05, 0.1) is 23.1 Å². The molecule has 1 fully saturated rings. The Bertz CT molecular complexity index is 312. The van der Waals surface area contributed by atoms with Gasteiger partial charge in [0.1, 0.15) is 0 Å². The molecule has 0 bridgehead atoms. The van der Waals surface area contributed by atoms with Crippen molar-refractivity contribution < 1.29 is 0 Å². The summed E-state index contributed by atoms with van der Waals surface area (Å²) in [6.45, 7) is 4.33. The van der Waals surface area contributed by atoms with Crippen LogP contribution < -0.4 is 11.1 Å². The van der Waals surface area contributed by atoms with Gasteiger partial charge in [0, 0.05) is 6.04 Å². The highest BCUT2D eigenvalue weighted by Gasteiger charge is 2.45. The molecule has 0 aromatic carbocycles. The number of rotatable bonds is 3. The third-order valence-corrected chi connectivity index (χ3v) is 2.59. The Hall–Kier alpha value is -1.09. The molecule has 1 heterocycles. The van der Waals surface area contributed by atoms with E-state index in [-0.39, 0.29) is 5.54 Å². The molecule has 0 saturated heterocycles. The first-order valence-electron chi connectivity index (χ1n) is 5.12. The Labute approximate surface area is 84.7 Å². The van der Waals surface area contributed by atoms with Gasteiger partial charge in [-0.25, -0.2) is 0 Å². The standard InChI is InChI=1S/C11H17N3/c1-8(2)14-11(5-6-11)10-4-3-9(12)7-13-10/h3-4,7-8,14H,5-6,12H2,1-2H3. The lowest BCUT2D eigenvalue weighted by molar-refractivity contribution is 0.452. The van der Waals surface area contributed by atoms with Crippen LogP contribution in [0, 0.1) is 0 Å². The van der Waals surface area contributed by atoms with Crippen LogP contribution in [0.4, 0.5) is 5.69 Å². The average Bonchev–Trinajstić information content (AvgIpc) is 2.85. The Balaban J connectivity index is 2.18. The lowest BCUT2D eigenvalue weighted by Gasteiger charge is -2.19. The van der Waals surface area contributed by atoms with Crippen molar-refractivity contribution in [2.75, 3.05) is 5.73 Å². The molecule has 1 aromatic heterocycles. The summed E-state index contributed by atoms with van der Waals surface area (Å²) in [5.41, 5.74) is 7.61. The van der Waals surface area contributed by atoms with Gasteiger partial charge < -0.3 is 11.1 Å². The smallest absolute Gasteiger partial charge is 0.0612 e. The maximum absolute atomic E-state index is 5.61. The number of pyridine rings is 1. The summed E-state index contributed by atoms with van der Waals surface area (Å²) in [6.07, 6.45) is 4.10. The monoisotopic (exact) mass is 191 g/mol. The minimum atomic E-state index is 0.141. The molecule has 0 amide bonds. The fourth-order valence-electron chi connectivity index (χ4n) is 1.84. The van der Waals surface area contributed by atoms with E-state index in [0.717, 1.165) is 11.4 Å². The van der Waals surface area contributed by atoms with Crippen molar-refractivity contribution in [3.05, 3.63) is 24.0 Å². The van der Waals surface area contributed by atoms with E-state index >= 15 is 0 Å². The van der Waals surface area contributed by atoms with Gasteiger partial charge in [0.15, 0.2) is 0 Å². The van der Waals surface area contributed by atoms with Crippen LogP contribution in [0.1, 0.15) is 32.4 Å². The molecule has 14 heavy (non-hydrogen) atoms. The Morgan fingerprint density at radius 3 is 2.57 bits per heavy atom. The van der Waals surface area contributed by atoms with Gasteiger partial charge in [-0.1, -0.05) is 0 Å². The van der Waals surface area contributed by atoms with Crippen LogP contribution in [0.3, 0.4) is 0 Å². The minimum absolute atomic E-state index is 0.141. The predicted molar refractivity (Wildman–Crippen MR) is 57.8 cm³/mol. The van der Waals surface area contributed by atoms with Crippen LogP contribution in [-0.4, -0.2) is 11.0 Å². The molecule has 3 nitrogen and oxygen atoms in total. The molecule has 1 aromatic rings. The van der Waals surface area contributed by atoms with E-state index < -0.39 is 0 Å². The summed E-state index contributed by atoms with van der Waals surface area (Å²) in [7, 11) is 0. The second kappa shape index (κ2) is 3.24. The molecule has 0 atom stereocenters. The second-order valence-electron chi connectivity index (χ2n) is 4.36. The predicted octanol–water partition coefficient (Wildman–Crippen LogP) is 1.65. The van der Waals surface area contributed by atoms with Gasteiger partial charge in [0.2, 0.25) is 0 Å². The van der Waals surface area contributed by atoms with Crippen LogP contribution >= 0.6 is 0 Å². The third kappa shape index (κ3) is 1.73. The van der Waals surface area contributed by atoms with Gasteiger partial charge in [-0.3, -0.25) is 4.98 Å². The SMILES string of the molecule is CC(C)NC1(c2ccc(N)cn2)CC1. The normalized spacial score (nSPS) is 18.5. The largest absolute Gasteiger partial charge is 0.397 e. The fraction of sp³-hybridized carbons (Fsp3) is 0.545. The van der Waals surface area contributed by atoms with Crippen molar-refractivity contribution in [3.8, 4) is 0 Å². The third-order valence-electron chi connectivity index (χ3n) is 2.59. The van der Waals surface area contributed by atoms with Crippen LogP contribution in [0.15, 0.2) is 18.3 Å². The van der Waals surface area contributed by atoms with Crippen molar-refractivity contribution in [2.45, 2.75) is 38.3 Å². The van der Waals surface area contributed by atoms with Crippen LogP contribution in [-0.2, 0) is 5.54 Å². The van der Waals surface area contributed by atoms with E-state index in [1.54, 1.807) is 6.20 Å². The number of nitrogens with one attached hydrogen (secondary N) is 1. The van der Waals surface area contributed by atoms with Crippen molar-refractivity contribution in [3.63, 3.8) is 0 Å². The average molecular weight is 191 g/mol. The maximum atomic E-state index is 5.61. The van der Waals surface area contributed by atoms with E-state index in [0.29, 0.717) is 6.04 Å². The molecular weight excluding hydrogens is 174 g/mol. The molecule has 0 unspecified atom stereocenters. The van der Waals surface area contributed by atoms with Crippen LogP contribution in [0.5, 0.6) is 0 Å². The first-order chi connectivity index (χ1) is 6.62. The van der Waals surface area contributed by atoms with E-state index in [2.05, 4.69) is 24.1 Å². The number of anilines is 1. The Morgan fingerprint density at radius 1 is 1.43 bits per heavy atom. The molecule has 1 aliphatic carbocycles. The van der Waals surface area contributed by atoms with Crippen LogP contribution in [0.25, 0.3) is 0 Å². The summed E-state index contributed by atoms with van der Waals surface area (Å²) >= 11 is 0. The first kappa shape index (κ1) is 9.46. The highest BCUT2D eigenvalue weighted by Crippen LogP contribution is 2.44. The number of nitrogen functional groups attached to an aromatic ring is 1. The van der Waals surface area contributed by atoms with Gasteiger partial charge in [0.25, 0.3) is 0 Å². The number of aromatic nitrogens is 1. The summed E-state index contributed by atoms with van der Waals surface area (Å²) in [4.78, 5) is 4.38. The van der Waals surface area contributed by atoms with Crippen molar-refractivity contribution >= 4 is 5.69 Å². The lowest BCUT2D eigenvalue weighted by atomic mass is 10.1. The highest BCUT2D eigenvalue weighted by molar-refractivity contribution is 5.37.